The molecule has 6 N–H and O–H groups in total. The Kier molecular flexibility index (Phi) is 5.06. The fraction of sp³-hybridized carbons (Fsp3) is 0.300. The van der Waals surface area contributed by atoms with Crippen LogP contribution in [0.1, 0.15) is 65.8 Å². The average Bonchev–Trinajstić information content (AvgIpc) is 2.95. The molecular formula is C20H23N3O3. The Balaban J connectivity index is 2.09. The van der Waals surface area contributed by atoms with E-state index in [0.717, 1.165) is 28.7 Å². The van der Waals surface area contributed by atoms with E-state index in [0.29, 0.717) is 12.0 Å². The van der Waals surface area contributed by atoms with Gasteiger partial charge < -0.3 is 15.9 Å². The van der Waals surface area contributed by atoms with E-state index < -0.39 is 18.1 Å². The number of amidine groups is 1. The van der Waals surface area contributed by atoms with Crippen molar-refractivity contribution in [2.75, 3.05) is 0 Å². The molecular weight excluding hydrogens is 330 g/mol. The maximum Gasteiger partial charge on any atom is 0.310 e. The summed E-state index contributed by atoms with van der Waals surface area (Å²) in [4.78, 5) is 11.6. The van der Waals surface area contributed by atoms with Crippen molar-refractivity contribution >= 4 is 11.8 Å². The number of fused-ring (bicyclic) bond motifs is 1. The third-order valence-electron chi connectivity index (χ3n) is 4.88. The van der Waals surface area contributed by atoms with E-state index in [1.165, 1.54) is 0 Å². The molecule has 0 saturated carbocycles. The van der Waals surface area contributed by atoms with Gasteiger partial charge in [0.15, 0.2) is 0 Å². The van der Waals surface area contributed by atoms with Crippen molar-refractivity contribution in [3.05, 3.63) is 70.3 Å². The van der Waals surface area contributed by atoms with Gasteiger partial charge in [-0.3, -0.25) is 15.5 Å². The fourth-order valence-corrected chi connectivity index (χ4v) is 3.62. The molecule has 2 aromatic carbocycles. The molecule has 0 radical (unpaired) electrons. The van der Waals surface area contributed by atoms with Crippen LogP contribution in [0.2, 0.25) is 0 Å². The summed E-state index contributed by atoms with van der Waals surface area (Å²) in [5.74, 6) is -1.47. The first-order valence-electron chi connectivity index (χ1n) is 8.68. The van der Waals surface area contributed by atoms with Crippen LogP contribution in [0.5, 0.6) is 0 Å². The summed E-state index contributed by atoms with van der Waals surface area (Å²) in [7, 11) is 0. The maximum atomic E-state index is 11.6. The van der Waals surface area contributed by atoms with E-state index in [1.807, 2.05) is 31.2 Å². The van der Waals surface area contributed by atoms with Gasteiger partial charge in [0, 0.05) is 11.1 Å². The molecule has 0 saturated heterocycles. The lowest BCUT2D eigenvalue weighted by Crippen LogP contribution is -2.22. The predicted molar refractivity (Wildman–Crippen MR) is 99.1 cm³/mol. The van der Waals surface area contributed by atoms with E-state index in [4.69, 9.17) is 11.1 Å². The number of aliphatic carboxylic acids is 1. The quantitative estimate of drug-likeness (QED) is 0.404. The van der Waals surface area contributed by atoms with E-state index in [2.05, 4.69) is 5.32 Å². The Morgan fingerprint density at radius 1 is 1.23 bits per heavy atom. The molecule has 0 aliphatic carbocycles. The minimum Gasteiger partial charge on any atom is -0.481 e. The molecule has 0 amide bonds. The third kappa shape index (κ3) is 3.21. The van der Waals surface area contributed by atoms with Gasteiger partial charge >= 0.3 is 5.97 Å². The van der Waals surface area contributed by atoms with E-state index in [9.17, 15) is 15.0 Å². The summed E-state index contributed by atoms with van der Waals surface area (Å²) in [5.41, 5.74) is 9.36. The number of nitrogen functional groups attached to an aromatic ring is 1. The molecule has 3 rings (SSSR count). The zero-order valence-electron chi connectivity index (χ0n) is 14.6. The highest BCUT2D eigenvalue weighted by Gasteiger charge is 2.33. The van der Waals surface area contributed by atoms with Crippen molar-refractivity contribution in [2.45, 2.75) is 38.0 Å². The molecule has 0 bridgehead atoms. The SMILES string of the molecule is CCCC(C(=O)O)c1ccc2c(c1)C(c1ccccc1C(=N)N)NC2O. The summed E-state index contributed by atoms with van der Waals surface area (Å²) in [6.07, 6.45) is 0.475. The van der Waals surface area contributed by atoms with Crippen molar-refractivity contribution in [2.24, 2.45) is 5.73 Å². The smallest absolute Gasteiger partial charge is 0.310 e. The van der Waals surface area contributed by atoms with Crippen molar-refractivity contribution < 1.29 is 15.0 Å². The number of nitrogens with two attached hydrogens (primary N) is 1. The standard InChI is InChI=1S/C20H23N3O3/c1-2-5-12(20(25)26)11-8-9-15-16(10-11)17(23-19(15)24)13-6-3-4-7-14(13)18(21)22/h3-4,6-10,12,17,19,23-24H,2,5H2,1H3,(H3,21,22)(H,25,26). The van der Waals surface area contributed by atoms with Crippen LogP contribution >= 0.6 is 0 Å². The Morgan fingerprint density at radius 2 is 1.96 bits per heavy atom. The Morgan fingerprint density at radius 3 is 2.62 bits per heavy atom. The monoisotopic (exact) mass is 353 g/mol. The van der Waals surface area contributed by atoms with E-state index in [-0.39, 0.29) is 11.9 Å². The zero-order valence-corrected chi connectivity index (χ0v) is 14.6. The number of nitrogens with one attached hydrogen (secondary N) is 2. The van der Waals surface area contributed by atoms with Crippen LogP contribution in [0.3, 0.4) is 0 Å². The first-order valence-corrected chi connectivity index (χ1v) is 8.68. The predicted octanol–water partition coefficient (Wildman–Crippen LogP) is 2.62. The number of rotatable bonds is 6. The summed E-state index contributed by atoms with van der Waals surface area (Å²) in [5, 5.41) is 30.8. The number of hydrogen-bond donors (Lipinski definition) is 5. The van der Waals surface area contributed by atoms with Gasteiger partial charge in [-0.15, -0.1) is 0 Å². The highest BCUT2D eigenvalue weighted by atomic mass is 16.4. The van der Waals surface area contributed by atoms with Crippen molar-refractivity contribution in [1.29, 1.82) is 5.41 Å². The molecule has 26 heavy (non-hydrogen) atoms. The molecule has 6 heteroatoms. The van der Waals surface area contributed by atoms with Gasteiger partial charge in [-0.05, 0) is 23.1 Å². The van der Waals surface area contributed by atoms with Crippen LogP contribution < -0.4 is 11.1 Å². The highest BCUT2D eigenvalue weighted by molar-refractivity contribution is 5.96. The lowest BCUT2D eigenvalue weighted by atomic mass is 9.88. The third-order valence-corrected chi connectivity index (χ3v) is 4.88. The lowest BCUT2D eigenvalue weighted by molar-refractivity contribution is -0.139. The van der Waals surface area contributed by atoms with Crippen LogP contribution in [0, 0.1) is 5.41 Å². The highest BCUT2D eigenvalue weighted by Crippen LogP contribution is 2.39. The zero-order chi connectivity index (χ0) is 18.8. The van der Waals surface area contributed by atoms with Gasteiger partial charge in [-0.25, -0.2) is 0 Å². The second kappa shape index (κ2) is 7.27. The molecule has 1 aliphatic heterocycles. The molecule has 2 aromatic rings. The Bertz CT molecular complexity index is 850. The molecule has 1 aliphatic rings. The number of carboxylic acids is 1. The van der Waals surface area contributed by atoms with Crippen LogP contribution in [0.15, 0.2) is 42.5 Å². The van der Waals surface area contributed by atoms with Crippen LogP contribution in [-0.2, 0) is 4.79 Å². The molecule has 0 spiro atoms. The Labute approximate surface area is 152 Å². The number of hydrogen-bond acceptors (Lipinski definition) is 4. The second-order valence-electron chi connectivity index (χ2n) is 6.57. The number of aliphatic hydroxyl groups is 1. The van der Waals surface area contributed by atoms with Gasteiger partial charge in [0.1, 0.15) is 12.1 Å². The molecule has 0 aromatic heterocycles. The number of carboxylic acid groups (broad SMARTS) is 1. The van der Waals surface area contributed by atoms with E-state index >= 15 is 0 Å². The summed E-state index contributed by atoms with van der Waals surface area (Å²) in [6, 6.07) is 12.4. The summed E-state index contributed by atoms with van der Waals surface area (Å²) >= 11 is 0. The van der Waals surface area contributed by atoms with Crippen molar-refractivity contribution in [3.8, 4) is 0 Å². The summed E-state index contributed by atoms with van der Waals surface area (Å²) in [6.45, 7) is 1.96. The normalized spacial score (nSPS) is 19.8. The van der Waals surface area contributed by atoms with Crippen LogP contribution in [0.25, 0.3) is 0 Å². The van der Waals surface area contributed by atoms with Crippen LogP contribution in [-0.4, -0.2) is 22.0 Å². The lowest BCUT2D eigenvalue weighted by Gasteiger charge is -2.18. The molecule has 3 atom stereocenters. The number of aliphatic hydroxyl groups excluding tert-OH is 1. The minimum absolute atomic E-state index is 0.0455. The second-order valence-corrected chi connectivity index (χ2v) is 6.57. The molecule has 3 unspecified atom stereocenters. The molecule has 136 valence electrons. The fourth-order valence-electron chi connectivity index (χ4n) is 3.62. The molecule has 0 fully saturated rings. The molecule has 6 nitrogen and oxygen atoms in total. The number of carbonyl (C=O) groups is 1. The number of benzene rings is 2. The first-order chi connectivity index (χ1) is 12.4. The average molecular weight is 353 g/mol. The van der Waals surface area contributed by atoms with Gasteiger partial charge in [-0.2, -0.15) is 0 Å². The van der Waals surface area contributed by atoms with Crippen molar-refractivity contribution in [1.82, 2.24) is 5.32 Å². The first kappa shape index (κ1) is 18.1. The molecule has 1 heterocycles. The maximum absolute atomic E-state index is 11.6. The van der Waals surface area contributed by atoms with Gasteiger partial charge in [0.2, 0.25) is 0 Å². The summed E-state index contributed by atoms with van der Waals surface area (Å²) < 4.78 is 0. The largest absolute Gasteiger partial charge is 0.481 e. The van der Waals surface area contributed by atoms with Gasteiger partial charge in [-0.1, -0.05) is 55.8 Å². The van der Waals surface area contributed by atoms with Gasteiger partial charge in [0.25, 0.3) is 0 Å². The minimum atomic E-state index is -0.849. The van der Waals surface area contributed by atoms with Crippen LogP contribution in [0.4, 0.5) is 0 Å². The van der Waals surface area contributed by atoms with Crippen molar-refractivity contribution in [3.63, 3.8) is 0 Å². The van der Waals surface area contributed by atoms with Gasteiger partial charge in [0.05, 0.1) is 12.0 Å². The topological polar surface area (TPSA) is 119 Å². The van der Waals surface area contributed by atoms with E-state index in [1.54, 1.807) is 18.2 Å². The Hall–Kier alpha value is -2.70.